The number of aromatic carboxylic acids is 1. The van der Waals surface area contributed by atoms with Crippen LogP contribution in [0.15, 0.2) is 47.5 Å². The molecule has 6 rings (SSSR count). The van der Waals surface area contributed by atoms with E-state index in [-0.39, 0.29) is 12.1 Å². The first-order chi connectivity index (χ1) is 25.6. The normalized spacial score (nSPS) is 14.1. The second-order valence-corrected chi connectivity index (χ2v) is 13.4. The number of nitrogens with one attached hydrogen (secondary N) is 1. The number of methoxy groups -OCH3 is 1. The van der Waals surface area contributed by atoms with Gasteiger partial charge in [0.15, 0.2) is 4.80 Å². The third-order valence-corrected chi connectivity index (χ3v) is 9.89. The van der Waals surface area contributed by atoms with Gasteiger partial charge in [-0.05, 0) is 50.6 Å². The molecule has 0 bridgehead atoms. The molecule has 0 radical (unpaired) electrons. The number of carboxylic acid groups (broad SMARTS) is 1. The molecule has 53 heavy (non-hydrogen) atoms. The van der Waals surface area contributed by atoms with Crippen LogP contribution in [-0.2, 0) is 24.4 Å². The lowest BCUT2D eigenvalue weighted by molar-refractivity contribution is 0.0358. The summed E-state index contributed by atoms with van der Waals surface area (Å²) in [5.41, 5.74) is 8.95. The van der Waals surface area contributed by atoms with Gasteiger partial charge in [0.25, 0.3) is 5.91 Å². The molecule has 0 aliphatic carbocycles. The van der Waals surface area contributed by atoms with Crippen LogP contribution in [0.4, 0.5) is 5.95 Å². The number of aromatic nitrogens is 5. The summed E-state index contributed by atoms with van der Waals surface area (Å²) in [7, 11) is 3.24. The van der Waals surface area contributed by atoms with Gasteiger partial charge in [-0.25, -0.2) is 9.78 Å². The largest absolute Gasteiger partial charge is 0.494 e. The number of carboxylic acids is 1. The van der Waals surface area contributed by atoms with Gasteiger partial charge in [0.05, 0.1) is 48.4 Å². The smallest absolute Gasteiger partial charge is 0.335 e. The molecule has 0 spiro atoms. The average Bonchev–Trinajstić information content (AvgIpc) is 3.83. The number of aryl methyl sites for hydroxylation is 2. The number of morpholine rings is 1. The van der Waals surface area contributed by atoms with Crippen molar-refractivity contribution in [3.63, 3.8) is 0 Å². The number of rotatable bonds is 15. The predicted octanol–water partition coefficient (Wildman–Crippen LogP) is 3.52. The van der Waals surface area contributed by atoms with E-state index in [1.54, 1.807) is 36.0 Å². The minimum Gasteiger partial charge on any atom is -0.494 e. The molecule has 1 fully saturated rings. The SMILES string of the molecule is CCn1nc(C)cc1C(=O)N=c1sc2cc(C(=O)O)cc(OC)c2n1C/C=C/Cn1c(NC)nc2cc(C(N)=O)cc(OCCCN3CCOCC3)c21. The van der Waals surface area contributed by atoms with E-state index in [0.29, 0.717) is 80.1 Å². The van der Waals surface area contributed by atoms with E-state index in [1.807, 2.05) is 35.1 Å². The van der Waals surface area contributed by atoms with Gasteiger partial charge in [0.1, 0.15) is 28.2 Å². The summed E-state index contributed by atoms with van der Waals surface area (Å²) in [5.74, 6) is -0.745. The van der Waals surface area contributed by atoms with Crippen LogP contribution in [0.2, 0.25) is 0 Å². The number of nitrogens with zero attached hydrogens (tertiary/aromatic N) is 7. The fourth-order valence-corrected chi connectivity index (χ4v) is 7.41. The Balaban J connectivity index is 1.33. The van der Waals surface area contributed by atoms with Crippen LogP contribution in [0, 0.1) is 6.92 Å². The Bertz CT molecular complexity index is 2260. The molecule has 1 saturated heterocycles. The number of hydrogen-bond acceptors (Lipinski definition) is 11. The highest BCUT2D eigenvalue weighted by Gasteiger charge is 2.20. The molecule has 1 aliphatic heterocycles. The Morgan fingerprint density at radius 1 is 1.06 bits per heavy atom. The van der Waals surface area contributed by atoms with E-state index in [1.165, 1.54) is 24.5 Å². The number of nitrogens with two attached hydrogens (primary N) is 1. The van der Waals surface area contributed by atoms with Gasteiger partial charge >= 0.3 is 5.97 Å². The number of thiazole rings is 1. The maximum absolute atomic E-state index is 13.5. The summed E-state index contributed by atoms with van der Waals surface area (Å²) in [4.78, 5) is 49.5. The highest BCUT2D eigenvalue weighted by molar-refractivity contribution is 7.16. The first kappa shape index (κ1) is 37.2. The Hall–Kier alpha value is -5.52. The zero-order valence-corrected chi connectivity index (χ0v) is 30.9. The highest BCUT2D eigenvalue weighted by Crippen LogP contribution is 2.32. The van der Waals surface area contributed by atoms with Crippen molar-refractivity contribution in [3.8, 4) is 11.5 Å². The molecule has 1 aliphatic rings. The van der Waals surface area contributed by atoms with Gasteiger partial charge in [-0.2, -0.15) is 10.1 Å². The highest BCUT2D eigenvalue weighted by atomic mass is 32.1. The number of anilines is 1. The monoisotopic (exact) mass is 745 g/mol. The van der Waals surface area contributed by atoms with E-state index >= 15 is 0 Å². The van der Waals surface area contributed by atoms with E-state index in [4.69, 9.17) is 24.9 Å². The molecule has 4 heterocycles. The summed E-state index contributed by atoms with van der Waals surface area (Å²) in [6.45, 7) is 9.37. The second-order valence-electron chi connectivity index (χ2n) is 12.4. The summed E-state index contributed by atoms with van der Waals surface area (Å²) in [6, 6.07) is 8.01. The van der Waals surface area contributed by atoms with E-state index in [2.05, 4.69) is 20.3 Å². The van der Waals surface area contributed by atoms with Gasteiger partial charge < -0.3 is 39.5 Å². The molecule has 2 aromatic carbocycles. The molecule has 3 aromatic heterocycles. The van der Waals surface area contributed by atoms with Gasteiger partial charge in [-0.15, -0.1) is 0 Å². The molecule has 2 amide bonds. The van der Waals surface area contributed by atoms with Gasteiger partial charge in [-0.3, -0.25) is 19.2 Å². The number of carbonyl (C=O) groups is 3. The molecule has 16 nitrogen and oxygen atoms in total. The Morgan fingerprint density at radius 2 is 1.79 bits per heavy atom. The molecule has 0 saturated carbocycles. The zero-order chi connectivity index (χ0) is 37.6. The van der Waals surface area contributed by atoms with Crippen LogP contribution in [0.1, 0.15) is 50.2 Å². The number of allylic oxidation sites excluding steroid dienone is 2. The Morgan fingerprint density at radius 3 is 2.47 bits per heavy atom. The number of imidazole rings is 1. The maximum atomic E-state index is 13.5. The summed E-state index contributed by atoms with van der Waals surface area (Å²) in [6.07, 6.45) is 4.66. The number of amides is 2. The van der Waals surface area contributed by atoms with Crippen molar-refractivity contribution in [2.45, 2.75) is 39.9 Å². The van der Waals surface area contributed by atoms with Gasteiger partial charge in [0, 0.05) is 51.9 Å². The van der Waals surface area contributed by atoms with Crippen molar-refractivity contribution in [2.75, 3.05) is 58.9 Å². The third-order valence-electron chi connectivity index (χ3n) is 8.86. The van der Waals surface area contributed by atoms with Crippen molar-refractivity contribution in [3.05, 3.63) is 69.8 Å². The lowest BCUT2D eigenvalue weighted by atomic mass is 10.1. The number of primary amides is 1. The molecule has 280 valence electrons. The molecule has 4 N–H and O–H groups in total. The summed E-state index contributed by atoms with van der Waals surface area (Å²) >= 11 is 1.20. The molecule has 0 atom stereocenters. The van der Waals surface area contributed by atoms with E-state index in [9.17, 15) is 19.5 Å². The minimum atomic E-state index is -1.10. The predicted molar refractivity (Wildman–Crippen MR) is 200 cm³/mol. The van der Waals surface area contributed by atoms with Crippen molar-refractivity contribution in [1.82, 2.24) is 28.8 Å². The van der Waals surface area contributed by atoms with Gasteiger partial charge in [0.2, 0.25) is 11.9 Å². The number of benzene rings is 2. The molecule has 17 heteroatoms. The fraction of sp³-hybridized carbons (Fsp3) is 0.389. The average molecular weight is 746 g/mol. The van der Waals surface area contributed by atoms with Crippen LogP contribution in [0.5, 0.6) is 11.5 Å². The van der Waals surface area contributed by atoms with Crippen LogP contribution < -0.4 is 25.3 Å². The standard InChI is InChI=1S/C36H43N9O7S/c1-5-45-26(17-22(2)41-45)33(47)40-36-44(31-27(50-4)20-24(34(48)49)21-29(31)53-36)11-7-6-10-43-30-25(39-35(43)38-3)18-23(32(37)46)19-28(30)52-14-8-9-42-12-15-51-16-13-42/h6-7,17-21H,5,8-16H2,1-4H3,(H2,37,46)(H,38,39)(H,48,49)/b7-6+,40-36?. The lowest BCUT2D eigenvalue weighted by Gasteiger charge is -2.26. The molecular weight excluding hydrogens is 703 g/mol. The Kier molecular flexibility index (Phi) is 11.6. The quantitative estimate of drug-likeness (QED) is 0.105. The fourth-order valence-electron chi connectivity index (χ4n) is 6.32. The number of ether oxygens (including phenoxy) is 3. The molecule has 0 unspecified atom stereocenters. The molecular formula is C36H43N9O7S. The van der Waals surface area contributed by atoms with Crippen LogP contribution >= 0.6 is 11.3 Å². The van der Waals surface area contributed by atoms with Crippen LogP contribution in [-0.4, -0.2) is 105 Å². The van der Waals surface area contributed by atoms with Crippen molar-refractivity contribution < 1.29 is 33.7 Å². The minimum absolute atomic E-state index is 0.0565. The zero-order valence-electron chi connectivity index (χ0n) is 30.1. The van der Waals surface area contributed by atoms with Crippen molar-refractivity contribution in [2.24, 2.45) is 10.7 Å². The van der Waals surface area contributed by atoms with Crippen LogP contribution in [0.3, 0.4) is 0 Å². The maximum Gasteiger partial charge on any atom is 0.335 e. The second kappa shape index (κ2) is 16.4. The first-order valence-corrected chi connectivity index (χ1v) is 18.1. The lowest BCUT2D eigenvalue weighted by Crippen LogP contribution is -2.37. The van der Waals surface area contributed by atoms with E-state index < -0.39 is 17.8 Å². The van der Waals surface area contributed by atoms with Crippen molar-refractivity contribution in [1.29, 1.82) is 0 Å². The number of fused-ring (bicyclic) bond motifs is 2. The Labute approximate surface area is 309 Å². The molecule has 5 aromatic rings. The van der Waals surface area contributed by atoms with E-state index in [0.717, 1.165) is 39.3 Å². The summed E-state index contributed by atoms with van der Waals surface area (Å²) in [5, 5.41) is 17.3. The van der Waals surface area contributed by atoms with Crippen molar-refractivity contribution >= 4 is 56.3 Å². The van der Waals surface area contributed by atoms with Gasteiger partial charge in [-0.1, -0.05) is 23.5 Å². The summed E-state index contributed by atoms with van der Waals surface area (Å²) < 4.78 is 23.4. The topological polar surface area (TPSA) is 193 Å². The third kappa shape index (κ3) is 8.11. The number of hydrogen-bond donors (Lipinski definition) is 3. The first-order valence-electron chi connectivity index (χ1n) is 17.3. The van der Waals surface area contributed by atoms with Crippen LogP contribution in [0.25, 0.3) is 21.3 Å². The number of carbonyl (C=O) groups excluding carboxylic acids is 2.